The number of anilines is 1. The summed E-state index contributed by atoms with van der Waals surface area (Å²) < 4.78 is 5.28. The fourth-order valence-corrected chi connectivity index (χ4v) is 2.59. The largest absolute Gasteiger partial charge is 0.496 e. The molecule has 0 amide bonds. The fraction of sp³-hybridized carbons (Fsp3) is 0.118. The highest BCUT2D eigenvalue weighted by atomic mass is 16.5. The van der Waals surface area contributed by atoms with E-state index < -0.39 is 0 Å². The van der Waals surface area contributed by atoms with Gasteiger partial charge >= 0.3 is 0 Å². The van der Waals surface area contributed by atoms with Crippen molar-refractivity contribution in [3.63, 3.8) is 0 Å². The maximum atomic E-state index is 12.9. The number of rotatable bonds is 3. The number of aromatic amines is 1. The Bertz CT molecular complexity index is 834. The molecule has 0 aliphatic rings. The third kappa shape index (κ3) is 2.14. The number of fused-ring (bicyclic) bond motifs is 1. The van der Waals surface area contributed by atoms with E-state index >= 15 is 0 Å². The summed E-state index contributed by atoms with van der Waals surface area (Å²) in [6.07, 6.45) is 1.74. The van der Waals surface area contributed by atoms with Crippen LogP contribution in [0.15, 0.2) is 42.6 Å². The highest BCUT2D eigenvalue weighted by Gasteiger charge is 2.19. The van der Waals surface area contributed by atoms with Crippen molar-refractivity contribution in [1.82, 2.24) is 4.98 Å². The average molecular weight is 280 g/mol. The molecular formula is C17H16N2O2. The fourth-order valence-electron chi connectivity index (χ4n) is 2.59. The summed E-state index contributed by atoms with van der Waals surface area (Å²) in [5.74, 6) is 0.428. The van der Waals surface area contributed by atoms with Gasteiger partial charge in [0.2, 0.25) is 0 Å². The zero-order chi connectivity index (χ0) is 15.0. The van der Waals surface area contributed by atoms with Crippen LogP contribution < -0.4 is 10.5 Å². The van der Waals surface area contributed by atoms with Crippen molar-refractivity contribution in [2.75, 3.05) is 12.8 Å². The normalized spacial score (nSPS) is 10.8. The van der Waals surface area contributed by atoms with Gasteiger partial charge in [0.05, 0.1) is 12.7 Å². The van der Waals surface area contributed by atoms with Crippen LogP contribution >= 0.6 is 0 Å². The lowest BCUT2D eigenvalue weighted by atomic mass is 9.99. The first-order valence-corrected chi connectivity index (χ1v) is 6.66. The van der Waals surface area contributed by atoms with Crippen molar-refractivity contribution in [2.45, 2.75) is 6.92 Å². The van der Waals surface area contributed by atoms with Crippen molar-refractivity contribution >= 4 is 22.4 Å². The van der Waals surface area contributed by atoms with Gasteiger partial charge in [-0.3, -0.25) is 4.79 Å². The second-order valence-electron chi connectivity index (χ2n) is 4.99. The molecule has 3 rings (SSSR count). The summed E-state index contributed by atoms with van der Waals surface area (Å²) in [6.45, 7) is 1.99. The molecule has 0 aliphatic heterocycles. The summed E-state index contributed by atoms with van der Waals surface area (Å²) in [7, 11) is 1.54. The number of nitrogens with two attached hydrogens (primary N) is 1. The molecule has 0 bridgehead atoms. The Morgan fingerprint density at radius 1 is 1.19 bits per heavy atom. The van der Waals surface area contributed by atoms with Gasteiger partial charge in [0.15, 0.2) is 5.78 Å². The number of nitrogen functional groups attached to an aromatic ring is 1. The smallest absolute Gasteiger partial charge is 0.198 e. The highest BCUT2D eigenvalue weighted by Crippen LogP contribution is 2.29. The molecule has 0 saturated heterocycles. The van der Waals surface area contributed by atoms with Crippen LogP contribution in [0.2, 0.25) is 0 Å². The van der Waals surface area contributed by atoms with E-state index in [1.165, 1.54) is 0 Å². The lowest BCUT2D eigenvalue weighted by molar-refractivity contribution is 0.103. The number of nitrogens with one attached hydrogen (secondary N) is 1. The lowest BCUT2D eigenvalue weighted by Crippen LogP contribution is -2.04. The summed E-state index contributed by atoms with van der Waals surface area (Å²) >= 11 is 0. The van der Waals surface area contributed by atoms with Gasteiger partial charge in [0.1, 0.15) is 5.75 Å². The number of ketones is 1. The van der Waals surface area contributed by atoms with Crippen molar-refractivity contribution in [3.05, 3.63) is 59.3 Å². The topological polar surface area (TPSA) is 68.1 Å². The van der Waals surface area contributed by atoms with Crippen LogP contribution in [0.25, 0.3) is 10.9 Å². The van der Waals surface area contributed by atoms with Gasteiger partial charge in [-0.25, -0.2) is 0 Å². The number of H-pyrrole nitrogens is 1. The molecule has 0 saturated carbocycles. The minimum atomic E-state index is -0.0975. The standard InChI is InChI=1S/C17H16N2O2/c1-10-4-3-5-14-16(10)13(9-19-14)17(20)12-8-11(18)6-7-15(12)21-2/h3-9,19H,18H2,1-2H3. The van der Waals surface area contributed by atoms with Crippen LogP contribution in [-0.4, -0.2) is 17.9 Å². The Balaban J connectivity index is 2.20. The van der Waals surface area contributed by atoms with E-state index in [2.05, 4.69) is 4.98 Å². The van der Waals surface area contributed by atoms with Crippen LogP contribution in [0.5, 0.6) is 5.75 Å². The maximum Gasteiger partial charge on any atom is 0.198 e. The van der Waals surface area contributed by atoms with Gasteiger partial charge in [-0.05, 0) is 36.8 Å². The van der Waals surface area contributed by atoms with E-state index in [-0.39, 0.29) is 5.78 Å². The van der Waals surface area contributed by atoms with Gasteiger partial charge in [0.25, 0.3) is 0 Å². The van der Waals surface area contributed by atoms with Gasteiger partial charge in [-0.1, -0.05) is 12.1 Å². The number of carbonyl (C=O) groups is 1. The number of aromatic nitrogens is 1. The van der Waals surface area contributed by atoms with E-state index in [1.807, 2.05) is 25.1 Å². The van der Waals surface area contributed by atoms with Gasteiger partial charge in [-0.2, -0.15) is 0 Å². The van der Waals surface area contributed by atoms with Crippen molar-refractivity contribution in [2.24, 2.45) is 0 Å². The molecule has 4 heteroatoms. The first-order valence-electron chi connectivity index (χ1n) is 6.66. The molecular weight excluding hydrogens is 264 g/mol. The lowest BCUT2D eigenvalue weighted by Gasteiger charge is -2.08. The molecule has 3 aromatic rings. The number of methoxy groups -OCH3 is 1. The Morgan fingerprint density at radius 2 is 2.00 bits per heavy atom. The number of hydrogen-bond donors (Lipinski definition) is 2. The zero-order valence-electron chi connectivity index (χ0n) is 11.9. The first kappa shape index (κ1) is 13.2. The summed E-state index contributed by atoms with van der Waals surface area (Å²) in [5.41, 5.74) is 9.44. The van der Waals surface area contributed by atoms with Gasteiger partial charge in [0, 0.05) is 28.4 Å². The number of ether oxygens (including phenoxy) is 1. The second-order valence-corrected chi connectivity index (χ2v) is 4.99. The Hall–Kier alpha value is -2.75. The van der Waals surface area contributed by atoms with Crippen molar-refractivity contribution in [1.29, 1.82) is 0 Å². The molecule has 1 aromatic heterocycles. The predicted molar refractivity (Wildman–Crippen MR) is 83.9 cm³/mol. The average Bonchev–Trinajstić information content (AvgIpc) is 2.92. The van der Waals surface area contributed by atoms with Crippen molar-refractivity contribution in [3.8, 4) is 5.75 Å². The van der Waals surface area contributed by atoms with Crippen LogP contribution in [0.3, 0.4) is 0 Å². The van der Waals surface area contributed by atoms with E-state index in [1.54, 1.807) is 31.5 Å². The predicted octanol–water partition coefficient (Wildman–Crippen LogP) is 3.30. The summed E-state index contributed by atoms with van der Waals surface area (Å²) in [5, 5.41) is 0.937. The SMILES string of the molecule is COc1ccc(N)cc1C(=O)c1c[nH]c2cccc(C)c12. The molecule has 106 valence electrons. The van der Waals surface area contributed by atoms with Crippen LogP contribution in [0, 0.1) is 6.92 Å². The number of aryl methyl sites for hydroxylation is 1. The van der Waals surface area contributed by atoms with Crippen LogP contribution in [0.1, 0.15) is 21.5 Å². The molecule has 0 fully saturated rings. The molecule has 0 spiro atoms. The Labute approximate surface area is 122 Å². The number of hydrogen-bond acceptors (Lipinski definition) is 3. The number of carbonyl (C=O) groups excluding carboxylic acids is 1. The maximum absolute atomic E-state index is 12.9. The zero-order valence-corrected chi connectivity index (χ0v) is 11.9. The summed E-state index contributed by atoms with van der Waals surface area (Å²) in [4.78, 5) is 16.0. The molecule has 0 atom stereocenters. The molecule has 0 unspecified atom stereocenters. The van der Waals surface area contributed by atoms with E-state index in [0.717, 1.165) is 16.5 Å². The van der Waals surface area contributed by atoms with Crippen LogP contribution in [-0.2, 0) is 0 Å². The number of benzene rings is 2. The first-order chi connectivity index (χ1) is 10.1. The van der Waals surface area contributed by atoms with Gasteiger partial charge in [-0.15, -0.1) is 0 Å². The van der Waals surface area contributed by atoms with E-state index in [9.17, 15) is 4.79 Å². The second kappa shape index (κ2) is 4.98. The molecule has 21 heavy (non-hydrogen) atoms. The third-order valence-electron chi connectivity index (χ3n) is 3.63. The van der Waals surface area contributed by atoms with Crippen LogP contribution in [0.4, 0.5) is 5.69 Å². The highest BCUT2D eigenvalue weighted by molar-refractivity contribution is 6.18. The Morgan fingerprint density at radius 3 is 2.76 bits per heavy atom. The minimum absolute atomic E-state index is 0.0975. The molecule has 0 aliphatic carbocycles. The summed E-state index contributed by atoms with van der Waals surface area (Å²) in [6, 6.07) is 11.0. The molecule has 0 radical (unpaired) electrons. The van der Waals surface area contributed by atoms with E-state index in [4.69, 9.17) is 10.5 Å². The molecule has 4 nitrogen and oxygen atoms in total. The monoisotopic (exact) mass is 280 g/mol. The van der Waals surface area contributed by atoms with Crippen molar-refractivity contribution < 1.29 is 9.53 Å². The quantitative estimate of drug-likeness (QED) is 0.571. The van der Waals surface area contributed by atoms with Gasteiger partial charge < -0.3 is 15.5 Å². The molecule has 2 aromatic carbocycles. The minimum Gasteiger partial charge on any atom is -0.496 e. The molecule has 1 heterocycles. The molecule has 3 N–H and O–H groups in total. The Kier molecular flexibility index (Phi) is 3.14. The third-order valence-corrected chi connectivity index (χ3v) is 3.63. The van der Waals surface area contributed by atoms with E-state index in [0.29, 0.717) is 22.6 Å².